The molecule has 0 saturated carbocycles. The molecule has 0 unspecified atom stereocenters. The van der Waals surface area contributed by atoms with Crippen LogP contribution in [-0.4, -0.2) is 31.3 Å². The number of aromatic nitrogens is 3. The van der Waals surface area contributed by atoms with Crippen LogP contribution in [0.4, 0.5) is 11.4 Å². The van der Waals surface area contributed by atoms with Gasteiger partial charge in [0.2, 0.25) is 5.91 Å². The third-order valence-corrected chi connectivity index (χ3v) is 5.72. The Morgan fingerprint density at radius 1 is 1.00 bits per heavy atom. The molecule has 0 fully saturated rings. The van der Waals surface area contributed by atoms with E-state index in [9.17, 15) is 14.9 Å². The second-order valence-electron chi connectivity index (χ2n) is 6.60. The SMILES string of the molecule is O=C(CSc1nnc(-c2ccccc2Cl)n1-c1ccccc1)Nc1ccc([N+](=O)[O-])cc1. The van der Waals surface area contributed by atoms with Crippen LogP contribution in [0.15, 0.2) is 84.0 Å². The molecule has 0 aliphatic heterocycles. The molecule has 0 radical (unpaired) electrons. The monoisotopic (exact) mass is 465 g/mol. The lowest BCUT2D eigenvalue weighted by Crippen LogP contribution is -2.14. The number of thioether (sulfide) groups is 1. The van der Waals surface area contributed by atoms with Crippen LogP contribution >= 0.6 is 23.4 Å². The Bertz CT molecular complexity index is 1260. The number of non-ortho nitro benzene ring substituents is 1. The lowest BCUT2D eigenvalue weighted by molar-refractivity contribution is -0.384. The molecule has 1 amide bonds. The van der Waals surface area contributed by atoms with Gasteiger partial charge in [0.25, 0.3) is 5.69 Å². The number of nitrogens with zero attached hydrogens (tertiary/aromatic N) is 4. The van der Waals surface area contributed by atoms with E-state index >= 15 is 0 Å². The first-order valence-corrected chi connectivity index (χ1v) is 10.8. The molecular weight excluding hydrogens is 450 g/mol. The van der Waals surface area contributed by atoms with Crippen LogP contribution in [0.5, 0.6) is 0 Å². The van der Waals surface area contributed by atoms with Gasteiger partial charge >= 0.3 is 0 Å². The fourth-order valence-corrected chi connectivity index (χ4v) is 3.96. The molecule has 0 aliphatic rings. The number of halogens is 1. The molecule has 0 atom stereocenters. The third-order valence-electron chi connectivity index (χ3n) is 4.46. The maximum atomic E-state index is 12.4. The predicted octanol–water partition coefficient (Wildman–Crippen LogP) is 5.23. The molecule has 0 aliphatic carbocycles. The predicted molar refractivity (Wildman–Crippen MR) is 124 cm³/mol. The quantitative estimate of drug-likeness (QED) is 0.228. The summed E-state index contributed by atoms with van der Waals surface area (Å²) in [5.41, 5.74) is 2.00. The Hall–Kier alpha value is -3.69. The van der Waals surface area contributed by atoms with Crippen LogP contribution in [-0.2, 0) is 4.79 Å². The normalized spacial score (nSPS) is 10.7. The van der Waals surface area contributed by atoms with E-state index in [-0.39, 0.29) is 17.3 Å². The Labute approximate surface area is 192 Å². The van der Waals surface area contributed by atoms with Crippen molar-refractivity contribution in [2.45, 2.75) is 5.16 Å². The van der Waals surface area contributed by atoms with Crippen molar-refractivity contribution >= 4 is 40.6 Å². The summed E-state index contributed by atoms with van der Waals surface area (Å²) in [6.45, 7) is 0. The zero-order chi connectivity index (χ0) is 22.5. The highest BCUT2D eigenvalue weighted by Gasteiger charge is 2.19. The number of benzene rings is 3. The summed E-state index contributed by atoms with van der Waals surface area (Å²) in [5, 5.41) is 23.2. The number of rotatable bonds is 7. The fraction of sp³-hybridized carbons (Fsp3) is 0.0455. The maximum Gasteiger partial charge on any atom is 0.269 e. The van der Waals surface area contributed by atoms with Gasteiger partial charge in [-0.25, -0.2) is 0 Å². The third kappa shape index (κ3) is 4.79. The van der Waals surface area contributed by atoms with E-state index in [0.717, 1.165) is 11.3 Å². The van der Waals surface area contributed by atoms with Crippen LogP contribution in [0.1, 0.15) is 0 Å². The van der Waals surface area contributed by atoms with E-state index in [1.165, 1.54) is 36.0 Å². The summed E-state index contributed by atoms with van der Waals surface area (Å²) >= 11 is 7.61. The fourth-order valence-electron chi connectivity index (χ4n) is 2.98. The average molecular weight is 466 g/mol. The van der Waals surface area contributed by atoms with Crippen molar-refractivity contribution in [3.05, 3.63) is 94.0 Å². The zero-order valence-corrected chi connectivity index (χ0v) is 18.1. The second-order valence-corrected chi connectivity index (χ2v) is 7.95. The molecule has 1 heterocycles. The molecule has 160 valence electrons. The summed E-state index contributed by atoms with van der Waals surface area (Å²) < 4.78 is 1.85. The van der Waals surface area contributed by atoms with Gasteiger partial charge in [-0.2, -0.15) is 0 Å². The molecule has 32 heavy (non-hydrogen) atoms. The average Bonchev–Trinajstić information content (AvgIpc) is 3.22. The molecule has 1 N–H and O–H groups in total. The van der Waals surface area contributed by atoms with Crippen LogP contribution < -0.4 is 5.32 Å². The van der Waals surface area contributed by atoms with Gasteiger partial charge in [-0.3, -0.25) is 19.5 Å². The van der Waals surface area contributed by atoms with Crippen LogP contribution in [0.25, 0.3) is 17.1 Å². The maximum absolute atomic E-state index is 12.4. The second kappa shape index (κ2) is 9.63. The highest BCUT2D eigenvalue weighted by molar-refractivity contribution is 7.99. The molecule has 10 heteroatoms. The van der Waals surface area contributed by atoms with Crippen molar-refractivity contribution in [3.8, 4) is 17.1 Å². The minimum atomic E-state index is -0.492. The summed E-state index contributed by atoms with van der Waals surface area (Å²) in [6.07, 6.45) is 0. The van der Waals surface area contributed by atoms with Gasteiger partial charge in [0, 0.05) is 29.1 Å². The van der Waals surface area contributed by atoms with E-state index < -0.39 is 4.92 Å². The summed E-state index contributed by atoms with van der Waals surface area (Å²) in [7, 11) is 0. The summed E-state index contributed by atoms with van der Waals surface area (Å²) in [4.78, 5) is 22.7. The highest BCUT2D eigenvalue weighted by Crippen LogP contribution is 2.31. The van der Waals surface area contributed by atoms with Crippen molar-refractivity contribution in [2.75, 3.05) is 11.1 Å². The number of hydrogen-bond acceptors (Lipinski definition) is 6. The van der Waals surface area contributed by atoms with E-state index in [2.05, 4.69) is 15.5 Å². The number of nitro groups is 1. The van der Waals surface area contributed by atoms with E-state index in [1.54, 1.807) is 6.07 Å². The number of amides is 1. The highest BCUT2D eigenvalue weighted by atomic mass is 35.5. The van der Waals surface area contributed by atoms with Gasteiger partial charge in [0.05, 0.1) is 15.7 Å². The van der Waals surface area contributed by atoms with Crippen LogP contribution in [0.3, 0.4) is 0 Å². The number of nitro benzene ring substituents is 1. The van der Waals surface area contributed by atoms with E-state index in [0.29, 0.717) is 21.7 Å². The molecule has 1 aromatic heterocycles. The largest absolute Gasteiger partial charge is 0.325 e. The van der Waals surface area contributed by atoms with Gasteiger partial charge in [-0.15, -0.1) is 10.2 Å². The molecular formula is C22H16ClN5O3S. The van der Waals surface area contributed by atoms with Crippen molar-refractivity contribution in [1.29, 1.82) is 0 Å². The molecule has 0 bridgehead atoms. The van der Waals surface area contributed by atoms with Crippen molar-refractivity contribution in [2.24, 2.45) is 0 Å². The summed E-state index contributed by atoms with van der Waals surface area (Å²) in [6, 6.07) is 22.6. The number of carbonyl (C=O) groups is 1. The molecule has 3 aromatic carbocycles. The smallest absolute Gasteiger partial charge is 0.269 e. The summed E-state index contributed by atoms with van der Waals surface area (Å²) in [5.74, 6) is 0.371. The van der Waals surface area contributed by atoms with Gasteiger partial charge in [-0.1, -0.05) is 53.7 Å². The minimum absolute atomic E-state index is 0.0413. The Kier molecular flexibility index (Phi) is 6.48. The first-order chi connectivity index (χ1) is 15.5. The minimum Gasteiger partial charge on any atom is -0.325 e. The van der Waals surface area contributed by atoms with Crippen molar-refractivity contribution in [1.82, 2.24) is 14.8 Å². The molecule has 4 aromatic rings. The van der Waals surface area contributed by atoms with Gasteiger partial charge in [0.1, 0.15) is 0 Å². The Morgan fingerprint density at radius 3 is 2.38 bits per heavy atom. The van der Waals surface area contributed by atoms with Crippen molar-refractivity contribution < 1.29 is 9.72 Å². The molecule has 8 nitrogen and oxygen atoms in total. The van der Waals surface area contributed by atoms with Gasteiger partial charge in [0.15, 0.2) is 11.0 Å². The number of anilines is 1. The molecule has 0 spiro atoms. The zero-order valence-electron chi connectivity index (χ0n) is 16.5. The Balaban J connectivity index is 1.55. The number of carbonyl (C=O) groups excluding carboxylic acids is 1. The topological polar surface area (TPSA) is 103 Å². The standard InChI is InChI=1S/C22H16ClN5O3S/c23-19-9-5-4-8-18(19)21-25-26-22(27(21)16-6-2-1-3-7-16)32-14-20(29)24-15-10-12-17(13-11-15)28(30)31/h1-13H,14H2,(H,24,29). The van der Waals surface area contributed by atoms with E-state index in [1.807, 2.05) is 53.1 Å². The lowest BCUT2D eigenvalue weighted by Gasteiger charge is -2.11. The van der Waals surface area contributed by atoms with Gasteiger partial charge < -0.3 is 5.32 Å². The first kappa shape index (κ1) is 21.5. The first-order valence-electron chi connectivity index (χ1n) is 9.46. The number of nitrogens with one attached hydrogen (secondary N) is 1. The lowest BCUT2D eigenvalue weighted by atomic mass is 10.2. The molecule has 0 saturated heterocycles. The number of para-hydroxylation sites is 1. The van der Waals surface area contributed by atoms with E-state index in [4.69, 9.17) is 11.6 Å². The van der Waals surface area contributed by atoms with Crippen LogP contribution in [0, 0.1) is 10.1 Å². The Morgan fingerprint density at radius 2 is 1.69 bits per heavy atom. The van der Waals surface area contributed by atoms with Crippen LogP contribution in [0.2, 0.25) is 5.02 Å². The van der Waals surface area contributed by atoms with Crippen molar-refractivity contribution in [3.63, 3.8) is 0 Å². The number of hydrogen-bond donors (Lipinski definition) is 1. The van der Waals surface area contributed by atoms with Gasteiger partial charge in [-0.05, 0) is 36.4 Å². The molecule has 4 rings (SSSR count).